The number of ether oxygens (including phenoxy) is 2. The van der Waals surface area contributed by atoms with Gasteiger partial charge < -0.3 is 29.5 Å². The maximum atomic E-state index is 12.0. The summed E-state index contributed by atoms with van der Waals surface area (Å²) in [5.74, 6) is -0.565. The van der Waals surface area contributed by atoms with Crippen LogP contribution in [-0.2, 0) is 30.2 Å². The van der Waals surface area contributed by atoms with Crippen molar-refractivity contribution < 1.29 is 23.6 Å². The Morgan fingerprint density at radius 1 is 1.18 bits per heavy atom. The van der Waals surface area contributed by atoms with Gasteiger partial charge in [-0.05, 0) is 39.3 Å². The zero-order valence-electron chi connectivity index (χ0n) is 17.2. The molecule has 1 fully saturated rings. The largest absolute Gasteiger partial charge is 0.513 e. The van der Waals surface area contributed by atoms with Gasteiger partial charge in [0.15, 0.2) is 0 Å². The number of nitrogens with one attached hydrogen (secondary N) is 2. The van der Waals surface area contributed by atoms with Crippen molar-refractivity contribution in [2.45, 2.75) is 45.5 Å². The standard InChI is InChI=1S/C20H29BN2O5/c1-19(2)20(3,4)28-21(27-19)17(22)13-16(18(24)25-5)23-11-12-26-14-15-9-7-6-8-10-15/h6-10,13,22-23H,11-12,14H2,1-5H3/b16-13-,22-17?. The first-order valence-corrected chi connectivity index (χ1v) is 9.26. The number of carbonyl (C=O) groups is 1. The molecule has 152 valence electrons. The summed E-state index contributed by atoms with van der Waals surface area (Å²) < 4.78 is 22.1. The van der Waals surface area contributed by atoms with E-state index in [1.54, 1.807) is 0 Å². The number of rotatable bonds is 9. The van der Waals surface area contributed by atoms with Crippen molar-refractivity contribution >= 4 is 18.7 Å². The highest BCUT2D eigenvalue weighted by Gasteiger charge is 2.52. The molecule has 1 aliphatic heterocycles. The lowest BCUT2D eigenvalue weighted by Gasteiger charge is -2.32. The van der Waals surface area contributed by atoms with Crippen LogP contribution in [0.25, 0.3) is 0 Å². The molecule has 1 aromatic rings. The molecule has 2 N–H and O–H groups in total. The van der Waals surface area contributed by atoms with Crippen molar-refractivity contribution in [2.24, 2.45) is 0 Å². The Morgan fingerprint density at radius 3 is 2.36 bits per heavy atom. The molecule has 0 aromatic heterocycles. The lowest BCUT2D eigenvalue weighted by Crippen LogP contribution is -2.41. The van der Waals surface area contributed by atoms with Crippen LogP contribution in [0.15, 0.2) is 42.1 Å². The molecule has 1 heterocycles. The van der Waals surface area contributed by atoms with E-state index in [1.165, 1.54) is 13.2 Å². The molecule has 8 heteroatoms. The van der Waals surface area contributed by atoms with E-state index in [0.29, 0.717) is 19.8 Å². The van der Waals surface area contributed by atoms with Crippen LogP contribution >= 0.6 is 0 Å². The number of hydrogen-bond donors (Lipinski definition) is 2. The lowest BCUT2D eigenvalue weighted by atomic mass is 9.81. The third-order valence-electron chi connectivity index (χ3n) is 4.89. The molecule has 0 amide bonds. The van der Waals surface area contributed by atoms with Gasteiger partial charge in [0.2, 0.25) is 0 Å². The summed E-state index contributed by atoms with van der Waals surface area (Å²) in [6.45, 7) is 8.92. The summed E-state index contributed by atoms with van der Waals surface area (Å²) in [5.41, 5.74) is 0.167. The van der Waals surface area contributed by atoms with Gasteiger partial charge in [0, 0.05) is 6.54 Å². The van der Waals surface area contributed by atoms with Gasteiger partial charge in [-0.3, -0.25) is 0 Å². The number of allylic oxidation sites excluding steroid dienone is 1. The Morgan fingerprint density at radius 2 is 1.79 bits per heavy atom. The van der Waals surface area contributed by atoms with E-state index in [0.717, 1.165) is 5.56 Å². The summed E-state index contributed by atoms with van der Waals surface area (Å²) >= 11 is 0. The van der Waals surface area contributed by atoms with E-state index in [9.17, 15) is 4.79 Å². The summed E-state index contributed by atoms with van der Waals surface area (Å²) in [7, 11) is 0.447. The highest BCUT2D eigenvalue weighted by atomic mass is 16.7. The van der Waals surface area contributed by atoms with Gasteiger partial charge in [0.25, 0.3) is 0 Å². The van der Waals surface area contributed by atoms with Gasteiger partial charge in [-0.25, -0.2) is 4.79 Å². The maximum Gasteiger partial charge on any atom is 0.513 e. The molecule has 7 nitrogen and oxygen atoms in total. The molecule has 0 radical (unpaired) electrons. The molecular formula is C20H29BN2O5. The van der Waals surface area contributed by atoms with Crippen LogP contribution < -0.4 is 5.32 Å². The average Bonchev–Trinajstić information content (AvgIpc) is 2.88. The van der Waals surface area contributed by atoms with E-state index in [-0.39, 0.29) is 11.3 Å². The van der Waals surface area contributed by atoms with Crippen molar-refractivity contribution in [3.8, 4) is 0 Å². The fourth-order valence-corrected chi connectivity index (χ4v) is 2.51. The molecule has 1 saturated heterocycles. The highest BCUT2D eigenvalue weighted by molar-refractivity contribution is 6.84. The third-order valence-corrected chi connectivity index (χ3v) is 4.89. The van der Waals surface area contributed by atoms with Crippen LogP contribution in [0.5, 0.6) is 0 Å². The Balaban J connectivity index is 1.90. The number of esters is 1. The quantitative estimate of drug-likeness (QED) is 0.222. The molecule has 0 atom stereocenters. The van der Waals surface area contributed by atoms with Crippen LogP contribution in [0.3, 0.4) is 0 Å². The van der Waals surface area contributed by atoms with Gasteiger partial charge in [-0.2, -0.15) is 0 Å². The molecule has 0 unspecified atom stereocenters. The van der Waals surface area contributed by atoms with Crippen molar-refractivity contribution in [3.05, 3.63) is 47.7 Å². The fourth-order valence-electron chi connectivity index (χ4n) is 2.51. The zero-order valence-corrected chi connectivity index (χ0v) is 17.2. The predicted octanol–water partition coefficient (Wildman–Crippen LogP) is 2.50. The topological polar surface area (TPSA) is 89.9 Å². The number of carbonyl (C=O) groups excluding carboxylic acids is 1. The van der Waals surface area contributed by atoms with Gasteiger partial charge in [-0.1, -0.05) is 30.3 Å². The Kier molecular flexibility index (Phi) is 7.40. The van der Waals surface area contributed by atoms with Crippen molar-refractivity contribution in [2.75, 3.05) is 20.3 Å². The Bertz CT molecular complexity index is 703. The minimum atomic E-state index is -0.846. The van der Waals surface area contributed by atoms with Crippen molar-refractivity contribution in [1.29, 1.82) is 5.41 Å². The summed E-state index contributed by atoms with van der Waals surface area (Å²) in [4.78, 5) is 12.0. The summed E-state index contributed by atoms with van der Waals surface area (Å²) in [6, 6.07) is 9.83. The van der Waals surface area contributed by atoms with E-state index < -0.39 is 24.3 Å². The number of methoxy groups -OCH3 is 1. The smallest absolute Gasteiger partial charge is 0.464 e. The van der Waals surface area contributed by atoms with Crippen LogP contribution in [0.4, 0.5) is 0 Å². The summed E-state index contributed by atoms with van der Waals surface area (Å²) in [6.07, 6.45) is 1.38. The molecule has 0 saturated carbocycles. The average molecular weight is 388 g/mol. The molecule has 0 aliphatic carbocycles. The first-order valence-electron chi connectivity index (χ1n) is 9.26. The van der Waals surface area contributed by atoms with Crippen LogP contribution in [0.2, 0.25) is 0 Å². The molecule has 0 spiro atoms. The van der Waals surface area contributed by atoms with Crippen LogP contribution in [0, 0.1) is 5.41 Å². The minimum absolute atomic E-state index is 0.0387. The van der Waals surface area contributed by atoms with Crippen molar-refractivity contribution in [3.63, 3.8) is 0 Å². The second-order valence-electron chi connectivity index (χ2n) is 7.56. The SMILES string of the molecule is COC(=O)/C(=C/C(=N)B1OC(C)(C)C(C)(C)O1)NCCOCc1ccccc1. The van der Waals surface area contributed by atoms with Crippen LogP contribution in [0.1, 0.15) is 33.3 Å². The van der Waals surface area contributed by atoms with Gasteiger partial charge in [0.1, 0.15) is 5.70 Å². The van der Waals surface area contributed by atoms with E-state index in [2.05, 4.69) is 5.32 Å². The highest BCUT2D eigenvalue weighted by Crippen LogP contribution is 2.36. The van der Waals surface area contributed by atoms with E-state index in [4.69, 9.17) is 24.2 Å². The molecule has 28 heavy (non-hydrogen) atoms. The normalized spacial score (nSPS) is 18.0. The van der Waals surface area contributed by atoms with Crippen LogP contribution in [-0.4, -0.2) is 50.2 Å². The molecule has 0 bridgehead atoms. The predicted molar refractivity (Wildman–Crippen MR) is 108 cm³/mol. The molecule has 1 aromatic carbocycles. The second kappa shape index (κ2) is 9.36. The Labute approximate surface area is 167 Å². The van der Waals surface area contributed by atoms with Gasteiger partial charge in [-0.15, -0.1) is 0 Å². The van der Waals surface area contributed by atoms with Gasteiger partial charge in [0.05, 0.1) is 37.1 Å². The maximum absolute atomic E-state index is 12.0. The number of hydrogen-bond acceptors (Lipinski definition) is 7. The first-order chi connectivity index (χ1) is 13.2. The Hall–Kier alpha value is -2.16. The van der Waals surface area contributed by atoms with E-state index >= 15 is 0 Å². The molecular weight excluding hydrogens is 359 g/mol. The van der Waals surface area contributed by atoms with E-state index in [1.807, 2.05) is 58.0 Å². The second-order valence-corrected chi connectivity index (χ2v) is 7.56. The monoisotopic (exact) mass is 388 g/mol. The zero-order chi connectivity index (χ0) is 20.8. The summed E-state index contributed by atoms with van der Waals surface area (Å²) in [5, 5.41) is 11.2. The van der Waals surface area contributed by atoms with Crippen molar-refractivity contribution in [1.82, 2.24) is 5.32 Å². The minimum Gasteiger partial charge on any atom is -0.464 e. The first kappa shape index (κ1) is 22.1. The third kappa shape index (κ3) is 5.67. The molecule has 1 aliphatic rings. The lowest BCUT2D eigenvalue weighted by molar-refractivity contribution is -0.136. The van der Waals surface area contributed by atoms with Gasteiger partial charge >= 0.3 is 13.1 Å². The fraction of sp³-hybridized carbons (Fsp3) is 0.500. The molecule has 2 rings (SSSR count). The number of benzene rings is 1.